The highest BCUT2D eigenvalue weighted by Crippen LogP contribution is 2.17. The summed E-state index contributed by atoms with van der Waals surface area (Å²) in [7, 11) is 0. The zero-order chi connectivity index (χ0) is 13.5. The van der Waals surface area contributed by atoms with Gasteiger partial charge in [-0.3, -0.25) is 9.59 Å². The number of esters is 2. The van der Waals surface area contributed by atoms with E-state index in [1.165, 1.54) is 6.92 Å². The summed E-state index contributed by atoms with van der Waals surface area (Å²) in [6, 6.07) is 0. The average Bonchev–Trinajstić information content (AvgIpc) is 2.34. The molecule has 0 amide bonds. The van der Waals surface area contributed by atoms with E-state index in [4.69, 9.17) is 20.4 Å². The predicted octanol–water partition coefficient (Wildman–Crippen LogP) is -1.96. The third-order valence-corrected chi connectivity index (χ3v) is 2.37. The first-order chi connectivity index (χ1) is 7.93. The third kappa shape index (κ3) is 4.78. The minimum atomic E-state index is -1.54. The fourth-order valence-corrected chi connectivity index (χ4v) is 0.870. The van der Waals surface area contributed by atoms with Gasteiger partial charge in [-0.1, -0.05) is 0 Å². The fraction of sp³-hybridized carbons (Fsp3) is 0.800. The van der Waals surface area contributed by atoms with Crippen LogP contribution in [0.2, 0.25) is 0 Å². The molecule has 0 aliphatic rings. The van der Waals surface area contributed by atoms with Crippen LogP contribution < -0.4 is 0 Å². The van der Waals surface area contributed by atoms with Gasteiger partial charge in [0.2, 0.25) is 0 Å². The van der Waals surface area contributed by atoms with Crippen LogP contribution in [0.4, 0.5) is 0 Å². The predicted molar refractivity (Wildman–Crippen MR) is 55.7 cm³/mol. The summed E-state index contributed by atoms with van der Waals surface area (Å²) in [5.74, 6) is -2.65. The van der Waals surface area contributed by atoms with Crippen LogP contribution in [0, 0.1) is 11.3 Å². The molecule has 0 atom stereocenters. The topological polar surface area (TPSA) is 124 Å². The Hall–Kier alpha value is -1.02. The Morgan fingerprint density at radius 3 is 1.94 bits per heavy atom. The summed E-state index contributed by atoms with van der Waals surface area (Å²) in [6.07, 6.45) is -0.314. The summed E-state index contributed by atoms with van der Waals surface area (Å²) < 4.78 is 4.41. The van der Waals surface area contributed by atoms with Crippen molar-refractivity contribution in [1.82, 2.24) is 0 Å². The fourth-order valence-electron chi connectivity index (χ4n) is 0.870. The largest absolute Gasteiger partial charge is 0.396 e. The minimum absolute atomic E-state index is 0.314. The Balaban J connectivity index is 4.34. The highest BCUT2D eigenvalue weighted by molar-refractivity contribution is 5.88. The molecule has 0 saturated carbocycles. The van der Waals surface area contributed by atoms with Crippen molar-refractivity contribution in [2.45, 2.75) is 13.3 Å². The molecular weight excluding hydrogens is 232 g/mol. The van der Waals surface area contributed by atoms with Crippen LogP contribution in [-0.2, 0) is 14.3 Å². The molecular formula is C10H18O7. The van der Waals surface area contributed by atoms with Gasteiger partial charge in [0.15, 0.2) is 0 Å². The van der Waals surface area contributed by atoms with Crippen LogP contribution in [-0.4, -0.2) is 58.8 Å². The normalized spacial score (nSPS) is 11.6. The zero-order valence-corrected chi connectivity index (χ0v) is 9.63. The molecule has 0 aromatic rings. The summed E-state index contributed by atoms with van der Waals surface area (Å²) in [6.45, 7) is -0.871. The molecule has 100 valence electrons. The van der Waals surface area contributed by atoms with Gasteiger partial charge < -0.3 is 25.2 Å². The molecule has 0 heterocycles. The summed E-state index contributed by atoms with van der Waals surface area (Å²) >= 11 is 0. The van der Waals surface area contributed by atoms with Gasteiger partial charge in [-0.05, 0) is 6.92 Å². The van der Waals surface area contributed by atoms with Crippen LogP contribution >= 0.6 is 0 Å². The Kier molecular flexibility index (Phi) is 6.89. The van der Waals surface area contributed by atoms with Crippen LogP contribution in [0.25, 0.3) is 0 Å². The van der Waals surface area contributed by atoms with E-state index in [2.05, 4.69) is 4.74 Å². The van der Waals surface area contributed by atoms with Gasteiger partial charge in [0.1, 0.15) is 5.41 Å². The van der Waals surface area contributed by atoms with Gasteiger partial charge in [0, 0.05) is 19.1 Å². The highest BCUT2D eigenvalue weighted by Gasteiger charge is 2.35. The molecule has 7 nitrogen and oxygen atoms in total. The molecule has 17 heavy (non-hydrogen) atoms. The maximum Gasteiger partial charge on any atom is 0.324 e. The molecule has 0 aromatic carbocycles. The first-order valence-electron chi connectivity index (χ1n) is 5.12. The van der Waals surface area contributed by atoms with E-state index in [1.54, 1.807) is 0 Å². The van der Waals surface area contributed by atoms with E-state index in [9.17, 15) is 9.59 Å². The maximum absolute atomic E-state index is 11.4. The lowest BCUT2D eigenvalue weighted by Crippen LogP contribution is -2.38. The molecule has 0 rings (SSSR count). The van der Waals surface area contributed by atoms with Crippen LogP contribution in [0.15, 0.2) is 0 Å². The molecule has 0 radical (unpaired) electrons. The van der Waals surface area contributed by atoms with Crippen molar-refractivity contribution in [2.75, 3.05) is 26.4 Å². The van der Waals surface area contributed by atoms with Gasteiger partial charge in [0.25, 0.3) is 0 Å². The number of rotatable bonds is 7. The Morgan fingerprint density at radius 2 is 1.59 bits per heavy atom. The van der Waals surface area contributed by atoms with E-state index in [1.807, 2.05) is 0 Å². The first-order valence-corrected chi connectivity index (χ1v) is 5.12. The van der Waals surface area contributed by atoms with E-state index in [0.29, 0.717) is 0 Å². The van der Waals surface area contributed by atoms with Gasteiger partial charge in [-0.2, -0.15) is 0 Å². The molecule has 0 bridgehead atoms. The standard InChI is InChI=1S/C10H18O7/c1-10(5-13,6-14)9(16)17-8(15)2-7(3-11)4-12/h7,11-14H,2-6H2,1H3. The smallest absolute Gasteiger partial charge is 0.324 e. The Bertz CT molecular complexity index is 255. The van der Waals surface area contributed by atoms with E-state index >= 15 is 0 Å². The SMILES string of the molecule is CC(CO)(CO)C(=O)OC(=O)CC(CO)CO. The summed E-state index contributed by atoms with van der Waals surface area (Å²) in [4.78, 5) is 22.6. The van der Waals surface area contributed by atoms with Crippen LogP contribution in [0.1, 0.15) is 13.3 Å². The monoisotopic (exact) mass is 250 g/mol. The number of aliphatic hydroxyl groups excluding tert-OH is 4. The molecule has 0 aliphatic heterocycles. The lowest BCUT2D eigenvalue weighted by molar-refractivity contribution is -0.171. The average molecular weight is 250 g/mol. The quantitative estimate of drug-likeness (QED) is 0.305. The lowest BCUT2D eigenvalue weighted by Gasteiger charge is -2.21. The van der Waals surface area contributed by atoms with Crippen molar-refractivity contribution in [2.24, 2.45) is 11.3 Å². The van der Waals surface area contributed by atoms with Crippen LogP contribution in [0.5, 0.6) is 0 Å². The second kappa shape index (κ2) is 7.33. The molecule has 0 spiro atoms. The number of carbonyl (C=O) groups excluding carboxylic acids is 2. The number of ether oxygens (including phenoxy) is 1. The van der Waals surface area contributed by atoms with Crippen molar-refractivity contribution < 1.29 is 34.8 Å². The molecule has 0 aromatic heterocycles. The van der Waals surface area contributed by atoms with Crippen LogP contribution in [0.3, 0.4) is 0 Å². The van der Waals surface area contributed by atoms with Gasteiger partial charge in [-0.15, -0.1) is 0 Å². The van der Waals surface area contributed by atoms with Crippen molar-refractivity contribution in [3.05, 3.63) is 0 Å². The highest BCUT2D eigenvalue weighted by atomic mass is 16.6. The summed E-state index contributed by atoms with van der Waals surface area (Å²) in [5, 5.41) is 35.2. The van der Waals surface area contributed by atoms with Crippen molar-refractivity contribution in [3.8, 4) is 0 Å². The molecule has 7 heteroatoms. The second-order valence-electron chi connectivity index (χ2n) is 4.07. The van der Waals surface area contributed by atoms with Gasteiger partial charge in [-0.25, -0.2) is 0 Å². The van der Waals surface area contributed by atoms with Crippen molar-refractivity contribution >= 4 is 11.9 Å². The van der Waals surface area contributed by atoms with Crippen molar-refractivity contribution in [3.63, 3.8) is 0 Å². The molecule has 4 N–H and O–H groups in total. The first kappa shape index (κ1) is 16.0. The Morgan fingerprint density at radius 1 is 1.12 bits per heavy atom. The lowest BCUT2D eigenvalue weighted by atomic mass is 9.93. The third-order valence-electron chi connectivity index (χ3n) is 2.37. The number of hydrogen-bond donors (Lipinski definition) is 4. The van der Waals surface area contributed by atoms with Gasteiger partial charge >= 0.3 is 11.9 Å². The maximum atomic E-state index is 11.4. The molecule has 0 unspecified atom stereocenters. The van der Waals surface area contributed by atoms with E-state index in [-0.39, 0.29) is 6.42 Å². The molecule has 0 saturated heterocycles. The number of aliphatic hydroxyl groups is 4. The minimum Gasteiger partial charge on any atom is -0.396 e. The van der Waals surface area contributed by atoms with Gasteiger partial charge in [0.05, 0.1) is 19.6 Å². The zero-order valence-electron chi connectivity index (χ0n) is 9.63. The van der Waals surface area contributed by atoms with Crippen molar-refractivity contribution in [1.29, 1.82) is 0 Å². The number of carbonyl (C=O) groups is 2. The molecule has 0 fully saturated rings. The number of hydrogen-bond acceptors (Lipinski definition) is 7. The molecule has 0 aliphatic carbocycles. The summed E-state index contributed by atoms with van der Waals surface area (Å²) in [5.41, 5.74) is -1.54. The van der Waals surface area contributed by atoms with E-state index < -0.39 is 49.7 Å². The second-order valence-corrected chi connectivity index (χ2v) is 4.07. The Labute approximate surface area is 98.6 Å². The van der Waals surface area contributed by atoms with E-state index in [0.717, 1.165) is 0 Å².